The molecule has 0 atom stereocenters. The Kier molecular flexibility index (Phi) is 4.33. The number of hydrogen-bond acceptors (Lipinski definition) is 6. The molecule has 3 aromatic carbocycles. The van der Waals surface area contributed by atoms with Gasteiger partial charge < -0.3 is 14.6 Å². The summed E-state index contributed by atoms with van der Waals surface area (Å²) in [5, 5.41) is 16.9. The third kappa shape index (κ3) is 2.99. The molecule has 0 unspecified atom stereocenters. The van der Waals surface area contributed by atoms with E-state index in [1.54, 1.807) is 48.5 Å². The summed E-state index contributed by atoms with van der Waals surface area (Å²) in [6, 6.07) is 17.0. The Morgan fingerprint density at radius 3 is 2.25 bits per heavy atom. The van der Waals surface area contributed by atoms with Gasteiger partial charge in [-0.05, 0) is 29.7 Å². The summed E-state index contributed by atoms with van der Waals surface area (Å²) in [5.74, 6) is -2.18. The van der Waals surface area contributed by atoms with E-state index in [2.05, 4.69) is 5.10 Å². The molecule has 1 aliphatic rings. The van der Waals surface area contributed by atoms with Gasteiger partial charge in [-0.3, -0.25) is 9.59 Å². The van der Waals surface area contributed by atoms with E-state index in [1.165, 1.54) is 6.21 Å². The highest BCUT2D eigenvalue weighted by molar-refractivity contribution is 6.25. The van der Waals surface area contributed by atoms with Crippen LogP contribution in [-0.2, 0) is 4.79 Å². The molecule has 2 amide bonds. The van der Waals surface area contributed by atoms with Crippen LogP contribution in [0.4, 0.5) is 0 Å². The lowest BCUT2D eigenvalue weighted by Crippen LogP contribution is -2.36. The Labute approximate surface area is 159 Å². The number of para-hydroxylation sites is 1. The number of amides is 2. The van der Waals surface area contributed by atoms with Gasteiger partial charge in [0.25, 0.3) is 11.8 Å². The Balaban J connectivity index is 1.69. The van der Waals surface area contributed by atoms with Gasteiger partial charge in [-0.2, -0.15) is 10.1 Å². The number of hydrogen-bond donors (Lipinski definition) is 0. The molecule has 4 rings (SSSR count). The summed E-state index contributed by atoms with van der Waals surface area (Å²) in [5.41, 5.74) is 1.21. The van der Waals surface area contributed by atoms with Crippen LogP contribution in [0.5, 0.6) is 5.75 Å². The van der Waals surface area contributed by atoms with Gasteiger partial charge in [0.2, 0.25) is 0 Å². The van der Waals surface area contributed by atoms with Crippen LogP contribution in [0.1, 0.15) is 26.3 Å². The van der Waals surface area contributed by atoms with Crippen LogP contribution in [0.25, 0.3) is 10.8 Å². The predicted molar refractivity (Wildman–Crippen MR) is 99.0 cm³/mol. The average molecular weight is 373 g/mol. The van der Waals surface area contributed by atoms with Crippen molar-refractivity contribution in [2.75, 3.05) is 6.61 Å². The number of rotatable bonds is 5. The summed E-state index contributed by atoms with van der Waals surface area (Å²) in [4.78, 5) is 36.2. The highest BCUT2D eigenvalue weighted by Crippen LogP contribution is 2.30. The smallest absolute Gasteiger partial charge is 0.282 e. The molecule has 138 valence electrons. The number of carbonyl (C=O) groups is 3. The fraction of sp³-hybridized carbons (Fsp3) is 0.0476. The zero-order valence-electron chi connectivity index (χ0n) is 14.5. The fourth-order valence-electron chi connectivity index (χ4n) is 3.10. The number of carboxylic acid groups (broad SMARTS) is 1. The molecule has 28 heavy (non-hydrogen) atoms. The molecule has 0 saturated carbocycles. The van der Waals surface area contributed by atoms with Gasteiger partial charge in [-0.25, -0.2) is 0 Å². The van der Waals surface area contributed by atoms with E-state index < -0.39 is 24.4 Å². The maximum Gasteiger partial charge on any atom is 0.282 e. The van der Waals surface area contributed by atoms with E-state index in [1.807, 2.05) is 12.1 Å². The van der Waals surface area contributed by atoms with Crippen LogP contribution in [0.15, 0.2) is 65.8 Å². The zero-order valence-corrected chi connectivity index (χ0v) is 14.5. The topological polar surface area (TPSA) is 99.1 Å². The molecule has 1 heterocycles. The quantitative estimate of drug-likeness (QED) is 0.500. The number of ether oxygens (including phenoxy) is 1. The zero-order chi connectivity index (χ0) is 19.7. The summed E-state index contributed by atoms with van der Waals surface area (Å²) in [7, 11) is 0. The van der Waals surface area contributed by atoms with E-state index >= 15 is 0 Å². The van der Waals surface area contributed by atoms with Crippen LogP contribution in [-0.4, -0.2) is 35.6 Å². The van der Waals surface area contributed by atoms with Gasteiger partial charge in [0.15, 0.2) is 0 Å². The monoisotopic (exact) mass is 373 g/mol. The first-order valence-electron chi connectivity index (χ1n) is 8.42. The lowest BCUT2D eigenvalue weighted by molar-refractivity contribution is -0.307. The molecule has 0 aromatic heterocycles. The maximum absolute atomic E-state index is 12.8. The second kappa shape index (κ2) is 6.96. The minimum Gasteiger partial charge on any atom is -0.546 e. The largest absolute Gasteiger partial charge is 0.546 e. The number of carbonyl (C=O) groups excluding carboxylic acids is 3. The van der Waals surface area contributed by atoms with Crippen LogP contribution in [0, 0.1) is 0 Å². The van der Waals surface area contributed by atoms with Crippen molar-refractivity contribution in [1.29, 1.82) is 0 Å². The second-order valence-corrected chi connectivity index (χ2v) is 6.07. The molecule has 0 saturated heterocycles. The highest BCUT2D eigenvalue weighted by Gasteiger charge is 2.32. The molecule has 0 bridgehead atoms. The molecule has 0 N–H and O–H groups in total. The molecular formula is C21H13N2O5-. The number of aliphatic carboxylic acids is 1. The van der Waals surface area contributed by atoms with E-state index in [0.29, 0.717) is 22.1 Å². The third-order valence-corrected chi connectivity index (χ3v) is 4.33. The number of benzene rings is 3. The normalized spacial score (nSPS) is 13.4. The Morgan fingerprint density at radius 2 is 1.61 bits per heavy atom. The first kappa shape index (κ1) is 17.4. The summed E-state index contributed by atoms with van der Waals surface area (Å²) in [6.45, 7) is -0.623. The van der Waals surface area contributed by atoms with Crippen LogP contribution < -0.4 is 9.84 Å². The van der Waals surface area contributed by atoms with Gasteiger partial charge in [-0.15, -0.1) is 0 Å². The van der Waals surface area contributed by atoms with Gasteiger partial charge in [-0.1, -0.05) is 36.4 Å². The van der Waals surface area contributed by atoms with E-state index in [0.717, 1.165) is 10.4 Å². The third-order valence-electron chi connectivity index (χ3n) is 4.33. The summed E-state index contributed by atoms with van der Waals surface area (Å²) < 4.78 is 5.15. The van der Waals surface area contributed by atoms with Crippen molar-refractivity contribution in [3.8, 4) is 5.75 Å². The summed E-state index contributed by atoms with van der Waals surface area (Å²) in [6.07, 6.45) is 1.29. The molecular weight excluding hydrogens is 360 g/mol. The fourth-order valence-corrected chi connectivity index (χ4v) is 3.10. The van der Waals surface area contributed by atoms with Crippen molar-refractivity contribution < 1.29 is 24.2 Å². The minimum absolute atomic E-state index is 0.245. The number of carboxylic acids is 1. The standard InChI is InChI=1S/C21H14N2O5/c24-18(25)12-28-17-10-2-1-5-14(17)11-22-23-20(26)15-8-3-6-13-7-4-9-16(19(13)15)21(23)27/h1-11H,12H2,(H,24,25)/p-1/b22-11-. The lowest BCUT2D eigenvalue weighted by atomic mass is 9.95. The molecule has 7 nitrogen and oxygen atoms in total. The molecule has 0 aliphatic carbocycles. The van der Waals surface area contributed by atoms with Gasteiger partial charge >= 0.3 is 0 Å². The highest BCUT2D eigenvalue weighted by atomic mass is 16.5. The molecule has 0 spiro atoms. The van der Waals surface area contributed by atoms with Crippen molar-refractivity contribution in [3.05, 3.63) is 77.4 Å². The Morgan fingerprint density at radius 1 is 0.964 bits per heavy atom. The van der Waals surface area contributed by atoms with Crippen LogP contribution in [0.2, 0.25) is 0 Å². The van der Waals surface area contributed by atoms with Crippen molar-refractivity contribution in [2.45, 2.75) is 0 Å². The molecule has 0 fully saturated rings. The molecule has 7 heteroatoms. The van der Waals surface area contributed by atoms with E-state index in [4.69, 9.17) is 4.74 Å². The van der Waals surface area contributed by atoms with Gasteiger partial charge in [0.1, 0.15) is 12.4 Å². The summed E-state index contributed by atoms with van der Waals surface area (Å²) >= 11 is 0. The van der Waals surface area contributed by atoms with Crippen molar-refractivity contribution >= 4 is 34.8 Å². The van der Waals surface area contributed by atoms with E-state index in [-0.39, 0.29) is 5.75 Å². The van der Waals surface area contributed by atoms with E-state index in [9.17, 15) is 19.5 Å². The molecule has 0 radical (unpaired) electrons. The second-order valence-electron chi connectivity index (χ2n) is 6.07. The number of imide groups is 1. The van der Waals surface area contributed by atoms with Crippen LogP contribution in [0.3, 0.4) is 0 Å². The van der Waals surface area contributed by atoms with Crippen molar-refractivity contribution in [1.82, 2.24) is 5.01 Å². The first-order valence-corrected chi connectivity index (χ1v) is 8.42. The Bertz CT molecular complexity index is 1100. The first-order chi connectivity index (χ1) is 13.6. The van der Waals surface area contributed by atoms with Crippen molar-refractivity contribution in [3.63, 3.8) is 0 Å². The van der Waals surface area contributed by atoms with Gasteiger partial charge in [0.05, 0.1) is 23.3 Å². The molecule has 3 aromatic rings. The maximum atomic E-state index is 12.8. The lowest BCUT2D eigenvalue weighted by Gasteiger charge is -2.23. The van der Waals surface area contributed by atoms with Crippen LogP contribution >= 0.6 is 0 Å². The van der Waals surface area contributed by atoms with Crippen molar-refractivity contribution in [2.24, 2.45) is 5.10 Å². The SMILES string of the molecule is O=C([O-])COc1ccccc1/C=N\N1C(=O)c2cccc3cccc(c23)C1=O. The minimum atomic E-state index is -1.36. The molecule has 1 aliphatic heterocycles. The number of hydrazone groups is 1. The average Bonchev–Trinajstić information content (AvgIpc) is 2.71. The van der Waals surface area contributed by atoms with Gasteiger partial charge in [0, 0.05) is 10.9 Å². The Hall–Kier alpha value is -4.00. The number of nitrogens with zero attached hydrogens (tertiary/aromatic N) is 2. The predicted octanol–water partition coefficient (Wildman–Crippen LogP) is 1.60.